The molecular weight excluding hydrogens is 272 g/mol. The summed E-state index contributed by atoms with van der Waals surface area (Å²) < 4.78 is 15.7. The lowest BCUT2D eigenvalue weighted by atomic mass is 10.2. The van der Waals surface area contributed by atoms with Gasteiger partial charge in [0.1, 0.15) is 17.2 Å². The maximum atomic E-state index is 11.2. The van der Waals surface area contributed by atoms with E-state index in [-0.39, 0.29) is 17.6 Å². The Morgan fingerprint density at radius 1 is 1.05 bits per heavy atom. The number of hydrogen-bond donors (Lipinski definition) is 1. The number of phenols is 1. The van der Waals surface area contributed by atoms with Gasteiger partial charge in [-0.05, 0) is 24.3 Å². The number of rotatable bonds is 5. The summed E-state index contributed by atoms with van der Waals surface area (Å²) in [7, 11) is 1.54. The van der Waals surface area contributed by atoms with Crippen molar-refractivity contribution in [3.8, 4) is 17.2 Å². The van der Waals surface area contributed by atoms with E-state index in [2.05, 4.69) is 0 Å². The molecule has 21 heavy (non-hydrogen) atoms. The van der Waals surface area contributed by atoms with Crippen LogP contribution in [0.25, 0.3) is 0 Å². The molecule has 0 aliphatic heterocycles. The van der Waals surface area contributed by atoms with E-state index in [1.165, 1.54) is 13.0 Å². The quantitative estimate of drug-likeness (QED) is 0.857. The lowest BCUT2D eigenvalue weighted by Gasteiger charge is -2.17. The van der Waals surface area contributed by atoms with Gasteiger partial charge in [0.25, 0.3) is 0 Å². The zero-order valence-electron chi connectivity index (χ0n) is 11.7. The van der Waals surface area contributed by atoms with Gasteiger partial charge in [0, 0.05) is 13.0 Å². The van der Waals surface area contributed by atoms with Crippen LogP contribution in [0.1, 0.15) is 12.5 Å². The van der Waals surface area contributed by atoms with Crippen LogP contribution in [0.2, 0.25) is 0 Å². The number of para-hydroxylation sites is 1. The third kappa shape index (κ3) is 3.89. The van der Waals surface area contributed by atoms with Crippen molar-refractivity contribution >= 4 is 5.97 Å². The molecule has 5 nitrogen and oxygen atoms in total. The van der Waals surface area contributed by atoms with Gasteiger partial charge in [-0.1, -0.05) is 18.2 Å². The van der Waals surface area contributed by atoms with E-state index >= 15 is 0 Å². The second-order valence-corrected chi connectivity index (χ2v) is 4.18. The molecule has 0 heterocycles. The molecule has 0 fully saturated rings. The molecule has 2 aromatic rings. The van der Waals surface area contributed by atoms with Gasteiger partial charge in [-0.3, -0.25) is 4.79 Å². The molecule has 0 atom stereocenters. The van der Waals surface area contributed by atoms with Crippen molar-refractivity contribution in [2.75, 3.05) is 7.11 Å². The molecule has 0 saturated heterocycles. The zero-order chi connectivity index (χ0) is 15.2. The molecule has 0 bridgehead atoms. The summed E-state index contributed by atoms with van der Waals surface area (Å²) in [5.74, 6) is 0.439. The lowest BCUT2D eigenvalue weighted by Crippen LogP contribution is -2.16. The molecule has 1 N–H and O–H groups in total. The van der Waals surface area contributed by atoms with E-state index in [1.54, 1.807) is 49.6 Å². The van der Waals surface area contributed by atoms with Crippen LogP contribution >= 0.6 is 0 Å². The fourth-order valence-corrected chi connectivity index (χ4v) is 1.68. The van der Waals surface area contributed by atoms with Crippen LogP contribution in [-0.4, -0.2) is 18.2 Å². The van der Waals surface area contributed by atoms with Crippen LogP contribution in [0.15, 0.2) is 48.5 Å². The van der Waals surface area contributed by atoms with Crippen molar-refractivity contribution in [2.45, 2.75) is 6.92 Å². The number of benzene rings is 2. The Bertz CT molecular complexity index is 624. The first-order valence-electron chi connectivity index (χ1n) is 6.26. The van der Waals surface area contributed by atoms with Crippen molar-refractivity contribution in [1.29, 1.82) is 0 Å². The molecule has 2 rings (SSSR count). The number of aromatic hydroxyl groups is 1. The maximum absolute atomic E-state index is 11.2. The summed E-state index contributed by atoms with van der Waals surface area (Å²) in [5.41, 5.74) is 0.288. The number of phenolic OH excluding ortho intramolecular Hbond substituents is 1. The van der Waals surface area contributed by atoms with Crippen molar-refractivity contribution in [2.24, 2.45) is 0 Å². The van der Waals surface area contributed by atoms with Crippen molar-refractivity contribution in [3.63, 3.8) is 0 Å². The SMILES string of the molecule is COc1cccc(O[C](OC(C)=O)c2ccccc2O)c1. The largest absolute Gasteiger partial charge is 0.507 e. The predicted octanol–water partition coefficient (Wildman–Crippen LogP) is 2.88. The zero-order valence-corrected chi connectivity index (χ0v) is 11.7. The van der Waals surface area contributed by atoms with Gasteiger partial charge in [-0.2, -0.15) is 0 Å². The Hall–Kier alpha value is -2.69. The van der Waals surface area contributed by atoms with Gasteiger partial charge in [-0.25, -0.2) is 0 Å². The maximum Gasteiger partial charge on any atom is 0.368 e. The third-order valence-electron chi connectivity index (χ3n) is 2.61. The highest BCUT2D eigenvalue weighted by atomic mass is 16.7. The Morgan fingerprint density at radius 3 is 2.43 bits per heavy atom. The van der Waals surface area contributed by atoms with E-state index in [4.69, 9.17) is 14.2 Å². The molecule has 109 valence electrons. The van der Waals surface area contributed by atoms with Crippen LogP contribution in [0.3, 0.4) is 0 Å². The molecule has 0 spiro atoms. The predicted molar refractivity (Wildman–Crippen MR) is 75.8 cm³/mol. The first-order chi connectivity index (χ1) is 10.1. The van der Waals surface area contributed by atoms with Gasteiger partial charge in [0.15, 0.2) is 0 Å². The highest BCUT2D eigenvalue weighted by Gasteiger charge is 2.23. The minimum Gasteiger partial charge on any atom is -0.507 e. The molecule has 1 radical (unpaired) electrons. The molecule has 0 aliphatic rings. The smallest absolute Gasteiger partial charge is 0.368 e. The van der Waals surface area contributed by atoms with Gasteiger partial charge < -0.3 is 19.3 Å². The topological polar surface area (TPSA) is 65.0 Å². The van der Waals surface area contributed by atoms with Gasteiger partial charge >= 0.3 is 12.3 Å². The summed E-state index contributed by atoms with van der Waals surface area (Å²) in [6.07, 6.45) is -0.0890. The number of ether oxygens (including phenoxy) is 3. The fraction of sp³-hybridized carbons (Fsp3) is 0.125. The molecule has 0 saturated carbocycles. The minimum atomic E-state index is -0.545. The minimum absolute atomic E-state index is 0.0448. The van der Waals surface area contributed by atoms with E-state index < -0.39 is 5.97 Å². The number of hydrogen-bond acceptors (Lipinski definition) is 5. The van der Waals surface area contributed by atoms with Crippen LogP contribution in [-0.2, 0) is 9.53 Å². The fourth-order valence-electron chi connectivity index (χ4n) is 1.68. The normalized spacial score (nSPS) is 10.2. The average Bonchev–Trinajstić information content (AvgIpc) is 2.47. The first-order valence-corrected chi connectivity index (χ1v) is 6.26. The highest BCUT2D eigenvalue weighted by Crippen LogP contribution is 2.30. The third-order valence-corrected chi connectivity index (χ3v) is 2.61. The average molecular weight is 287 g/mol. The second-order valence-electron chi connectivity index (χ2n) is 4.18. The summed E-state index contributed by atoms with van der Waals surface area (Å²) in [6, 6.07) is 13.3. The highest BCUT2D eigenvalue weighted by molar-refractivity contribution is 5.67. The number of methoxy groups -OCH3 is 1. The molecule has 5 heteroatoms. The monoisotopic (exact) mass is 287 g/mol. The molecule has 0 unspecified atom stereocenters. The lowest BCUT2D eigenvalue weighted by molar-refractivity contribution is -0.144. The van der Waals surface area contributed by atoms with E-state index in [9.17, 15) is 9.90 Å². The van der Waals surface area contributed by atoms with E-state index in [1.807, 2.05) is 0 Å². The molecular formula is C16H15O5. The molecule has 0 aliphatic carbocycles. The standard InChI is InChI=1S/C16H15O5/c1-11(17)20-16(14-8-3-4-9-15(14)18)21-13-7-5-6-12(10-13)19-2/h3-10,18H,1-2H3. The molecule has 0 amide bonds. The van der Waals surface area contributed by atoms with E-state index in [0.717, 1.165) is 0 Å². The van der Waals surface area contributed by atoms with Gasteiger partial charge in [0.2, 0.25) is 0 Å². The Kier molecular flexibility index (Phi) is 4.66. The van der Waals surface area contributed by atoms with Crippen molar-refractivity contribution in [1.82, 2.24) is 0 Å². The Labute approximate surface area is 122 Å². The Balaban J connectivity index is 2.28. The first kappa shape index (κ1) is 14.7. The van der Waals surface area contributed by atoms with E-state index in [0.29, 0.717) is 11.5 Å². The number of esters is 1. The molecule has 2 aromatic carbocycles. The second kappa shape index (κ2) is 6.65. The van der Waals surface area contributed by atoms with Crippen molar-refractivity contribution in [3.05, 3.63) is 60.4 Å². The molecule has 0 aromatic heterocycles. The Morgan fingerprint density at radius 2 is 1.76 bits per heavy atom. The summed E-state index contributed by atoms with van der Waals surface area (Å²) in [6.45, 7) is 1.26. The summed E-state index contributed by atoms with van der Waals surface area (Å²) in [4.78, 5) is 11.2. The van der Waals surface area contributed by atoms with Crippen LogP contribution in [0.5, 0.6) is 17.2 Å². The van der Waals surface area contributed by atoms with Crippen LogP contribution in [0.4, 0.5) is 0 Å². The van der Waals surface area contributed by atoms with Gasteiger partial charge in [-0.15, -0.1) is 0 Å². The summed E-state index contributed by atoms with van der Waals surface area (Å²) >= 11 is 0. The number of carbonyl (C=O) groups is 1. The summed E-state index contributed by atoms with van der Waals surface area (Å²) in [5, 5.41) is 9.86. The van der Waals surface area contributed by atoms with Crippen molar-refractivity contribution < 1.29 is 24.1 Å². The van der Waals surface area contributed by atoms with Crippen LogP contribution in [0, 0.1) is 6.29 Å². The van der Waals surface area contributed by atoms with Gasteiger partial charge in [0.05, 0.1) is 12.7 Å². The van der Waals surface area contributed by atoms with Crippen LogP contribution < -0.4 is 9.47 Å². The number of carbonyl (C=O) groups excluding carboxylic acids is 1.